The summed E-state index contributed by atoms with van der Waals surface area (Å²) in [6.07, 6.45) is 5.41. The monoisotopic (exact) mass is 245 g/mol. The fourth-order valence-electron chi connectivity index (χ4n) is 3.96. The number of nitrogens with zero attached hydrogens (tertiary/aromatic N) is 3. The molecule has 0 aromatic carbocycles. The van der Waals surface area contributed by atoms with Crippen LogP contribution in [-0.4, -0.2) is 35.3 Å². The van der Waals surface area contributed by atoms with Crippen molar-refractivity contribution in [1.82, 2.24) is 9.97 Å². The Balaban J connectivity index is 1.63. The number of ether oxygens (including phenoxy) is 1. The van der Waals surface area contributed by atoms with Crippen molar-refractivity contribution in [2.45, 2.75) is 38.9 Å². The van der Waals surface area contributed by atoms with Crippen LogP contribution in [0.1, 0.15) is 24.2 Å². The van der Waals surface area contributed by atoms with Crippen molar-refractivity contribution >= 4 is 5.82 Å². The fourth-order valence-corrected chi connectivity index (χ4v) is 3.96. The third-order valence-corrected chi connectivity index (χ3v) is 4.80. The van der Waals surface area contributed by atoms with Crippen LogP contribution in [0.25, 0.3) is 0 Å². The molecule has 0 aliphatic carbocycles. The van der Waals surface area contributed by atoms with Crippen molar-refractivity contribution in [2.75, 3.05) is 18.0 Å². The van der Waals surface area contributed by atoms with E-state index in [1.807, 2.05) is 13.1 Å². The highest BCUT2D eigenvalue weighted by atomic mass is 16.5. The number of aromatic nitrogens is 2. The van der Waals surface area contributed by atoms with Gasteiger partial charge in [-0.05, 0) is 26.7 Å². The van der Waals surface area contributed by atoms with Crippen LogP contribution in [0.2, 0.25) is 0 Å². The van der Waals surface area contributed by atoms with Crippen LogP contribution in [0.4, 0.5) is 5.82 Å². The number of aryl methyl sites for hydroxylation is 2. The summed E-state index contributed by atoms with van der Waals surface area (Å²) in [4.78, 5) is 11.5. The van der Waals surface area contributed by atoms with Crippen LogP contribution in [0.15, 0.2) is 6.20 Å². The van der Waals surface area contributed by atoms with E-state index in [0.29, 0.717) is 12.2 Å². The molecule has 1 aromatic rings. The SMILES string of the molecule is Cc1cnc(C)c(N2C[C@@H]3[C@H](C2)[C@H]2CC[C@@H]3O2)n1. The first-order chi connectivity index (χ1) is 8.72. The second-order valence-electron chi connectivity index (χ2n) is 5.94. The zero-order valence-electron chi connectivity index (χ0n) is 11.0. The van der Waals surface area contributed by atoms with Gasteiger partial charge in [-0.25, -0.2) is 4.98 Å². The van der Waals surface area contributed by atoms with E-state index >= 15 is 0 Å². The van der Waals surface area contributed by atoms with Gasteiger partial charge in [-0.2, -0.15) is 0 Å². The van der Waals surface area contributed by atoms with Gasteiger partial charge in [0, 0.05) is 31.1 Å². The molecular weight excluding hydrogens is 226 g/mol. The van der Waals surface area contributed by atoms with Gasteiger partial charge >= 0.3 is 0 Å². The smallest absolute Gasteiger partial charge is 0.150 e. The Morgan fingerprint density at radius 1 is 1.17 bits per heavy atom. The predicted molar refractivity (Wildman–Crippen MR) is 68.6 cm³/mol. The van der Waals surface area contributed by atoms with Crippen LogP contribution >= 0.6 is 0 Å². The maximum atomic E-state index is 6.01. The summed E-state index contributed by atoms with van der Waals surface area (Å²) in [5.74, 6) is 2.54. The van der Waals surface area contributed by atoms with Gasteiger partial charge in [0.2, 0.25) is 0 Å². The molecule has 3 aliphatic rings. The molecule has 4 heterocycles. The van der Waals surface area contributed by atoms with E-state index in [4.69, 9.17) is 4.74 Å². The molecule has 0 spiro atoms. The molecule has 4 heteroatoms. The minimum absolute atomic E-state index is 0.517. The zero-order valence-corrected chi connectivity index (χ0v) is 11.0. The minimum atomic E-state index is 0.517. The van der Waals surface area contributed by atoms with Crippen molar-refractivity contribution in [3.05, 3.63) is 17.6 Å². The standard InChI is InChI=1S/C14H19N3O/c1-8-5-15-9(2)14(16-8)17-6-10-11(7-17)13-4-3-12(10)18-13/h5,10-13H,3-4,6-7H2,1-2H3/t10-,11+,12+,13-. The second-order valence-corrected chi connectivity index (χ2v) is 5.94. The van der Waals surface area contributed by atoms with Crippen LogP contribution in [0.3, 0.4) is 0 Å². The van der Waals surface area contributed by atoms with E-state index in [0.717, 1.165) is 42.1 Å². The van der Waals surface area contributed by atoms with Crippen LogP contribution in [0.5, 0.6) is 0 Å². The van der Waals surface area contributed by atoms with Crippen molar-refractivity contribution in [2.24, 2.45) is 11.8 Å². The number of rotatable bonds is 1. The number of fused-ring (bicyclic) bond motifs is 5. The lowest BCUT2D eigenvalue weighted by molar-refractivity contribution is 0.0849. The van der Waals surface area contributed by atoms with Gasteiger partial charge in [-0.15, -0.1) is 0 Å². The van der Waals surface area contributed by atoms with Gasteiger partial charge in [-0.3, -0.25) is 4.98 Å². The number of hydrogen-bond donors (Lipinski definition) is 0. The highest BCUT2D eigenvalue weighted by Gasteiger charge is 2.53. The van der Waals surface area contributed by atoms with Crippen molar-refractivity contribution in [3.63, 3.8) is 0 Å². The first-order valence-corrected chi connectivity index (χ1v) is 6.93. The third-order valence-electron chi connectivity index (χ3n) is 4.80. The van der Waals surface area contributed by atoms with Crippen LogP contribution in [0, 0.1) is 25.7 Å². The summed E-state index contributed by atoms with van der Waals surface area (Å²) in [5.41, 5.74) is 2.06. The Morgan fingerprint density at radius 2 is 1.83 bits per heavy atom. The summed E-state index contributed by atoms with van der Waals surface area (Å²) in [6.45, 7) is 6.27. The first kappa shape index (κ1) is 10.7. The molecule has 2 bridgehead atoms. The minimum Gasteiger partial charge on any atom is -0.374 e. The fraction of sp³-hybridized carbons (Fsp3) is 0.714. The lowest BCUT2D eigenvalue weighted by Crippen LogP contribution is -2.26. The van der Waals surface area contributed by atoms with E-state index in [1.165, 1.54) is 12.8 Å². The summed E-state index contributed by atoms with van der Waals surface area (Å²) in [5, 5.41) is 0. The maximum absolute atomic E-state index is 6.01. The molecule has 18 heavy (non-hydrogen) atoms. The van der Waals surface area contributed by atoms with Crippen molar-refractivity contribution in [1.29, 1.82) is 0 Å². The molecule has 96 valence electrons. The number of hydrogen-bond acceptors (Lipinski definition) is 4. The Hall–Kier alpha value is -1.16. The van der Waals surface area contributed by atoms with Crippen LogP contribution in [-0.2, 0) is 4.74 Å². The molecule has 3 aliphatic heterocycles. The average Bonchev–Trinajstić information content (AvgIpc) is 3.01. The average molecular weight is 245 g/mol. The molecular formula is C14H19N3O. The Morgan fingerprint density at radius 3 is 2.50 bits per heavy atom. The Bertz CT molecular complexity index is 472. The highest BCUT2D eigenvalue weighted by molar-refractivity contribution is 5.45. The molecule has 0 amide bonds. The molecule has 0 saturated carbocycles. The van der Waals surface area contributed by atoms with E-state index in [2.05, 4.69) is 21.8 Å². The third kappa shape index (κ3) is 1.41. The van der Waals surface area contributed by atoms with Gasteiger partial charge in [0.15, 0.2) is 0 Å². The normalized spacial score (nSPS) is 37.3. The molecule has 0 N–H and O–H groups in total. The molecule has 0 unspecified atom stereocenters. The number of anilines is 1. The van der Waals surface area contributed by atoms with Gasteiger partial charge in [0.05, 0.1) is 23.6 Å². The molecule has 3 saturated heterocycles. The topological polar surface area (TPSA) is 38.2 Å². The van der Waals surface area contributed by atoms with Crippen molar-refractivity contribution in [3.8, 4) is 0 Å². The molecule has 4 atom stereocenters. The molecule has 1 aromatic heterocycles. The summed E-state index contributed by atoms with van der Waals surface area (Å²) in [7, 11) is 0. The first-order valence-electron chi connectivity index (χ1n) is 6.93. The Labute approximate surface area is 107 Å². The lowest BCUT2D eigenvalue weighted by atomic mass is 9.82. The quantitative estimate of drug-likeness (QED) is 0.755. The molecule has 3 fully saturated rings. The zero-order chi connectivity index (χ0) is 12.3. The molecule has 4 rings (SSSR count). The molecule has 0 radical (unpaired) electrons. The van der Waals surface area contributed by atoms with Gasteiger partial charge in [0.1, 0.15) is 5.82 Å². The van der Waals surface area contributed by atoms with E-state index < -0.39 is 0 Å². The van der Waals surface area contributed by atoms with E-state index in [-0.39, 0.29) is 0 Å². The second kappa shape index (κ2) is 3.67. The van der Waals surface area contributed by atoms with Gasteiger partial charge < -0.3 is 9.64 Å². The van der Waals surface area contributed by atoms with E-state index in [1.54, 1.807) is 0 Å². The van der Waals surface area contributed by atoms with E-state index in [9.17, 15) is 0 Å². The Kier molecular flexibility index (Phi) is 2.19. The van der Waals surface area contributed by atoms with Crippen molar-refractivity contribution < 1.29 is 4.74 Å². The predicted octanol–water partition coefficient (Wildman–Crippen LogP) is 1.71. The maximum Gasteiger partial charge on any atom is 0.150 e. The van der Waals surface area contributed by atoms with Gasteiger partial charge in [0.25, 0.3) is 0 Å². The summed E-state index contributed by atoms with van der Waals surface area (Å²) >= 11 is 0. The summed E-state index contributed by atoms with van der Waals surface area (Å²) in [6, 6.07) is 0. The largest absolute Gasteiger partial charge is 0.374 e. The van der Waals surface area contributed by atoms with Gasteiger partial charge in [-0.1, -0.05) is 0 Å². The summed E-state index contributed by atoms with van der Waals surface area (Å²) < 4.78 is 6.01. The highest BCUT2D eigenvalue weighted by Crippen LogP contribution is 2.47. The molecule has 4 nitrogen and oxygen atoms in total. The van der Waals surface area contributed by atoms with Crippen LogP contribution < -0.4 is 4.90 Å². The lowest BCUT2D eigenvalue weighted by Gasteiger charge is -2.21.